The number of para-hydroxylation sites is 1. The Morgan fingerprint density at radius 2 is 1.92 bits per heavy atom. The van der Waals surface area contributed by atoms with Crippen LogP contribution in [0.1, 0.15) is 43.2 Å². The summed E-state index contributed by atoms with van der Waals surface area (Å²) in [5.41, 5.74) is 7.72. The van der Waals surface area contributed by atoms with Gasteiger partial charge in [0.1, 0.15) is 11.4 Å². The highest BCUT2D eigenvalue weighted by Crippen LogP contribution is 2.28. The highest BCUT2D eigenvalue weighted by atomic mass is 16.5. The van der Waals surface area contributed by atoms with Crippen molar-refractivity contribution in [2.75, 3.05) is 18.5 Å². The summed E-state index contributed by atoms with van der Waals surface area (Å²) in [4.78, 5) is 16.9. The molecule has 0 saturated heterocycles. The average Bonchev–Trinajstić information content (AvgIpc) is 2.56. The van der Waals surface area contributed by atoms with Crippen molar-refractivity contribution < 1.29 is 9.53 Å². The number of anilines is 2. The van der Waals surface area contributed by atoms with E-state index in [1.807, 2.05) is 36.4 Å². The molecule has 0 unspecified atom stereocenters. The molecule has 5 heteroatoms. The van der Waals surface area contributed by atoms with Gasteiger partial charge in [-0.25, -0.2) is 9.78 Å². The summed E-state index contributed by atoms with van der Waals surface area (Å²) in [6.07, 6.45) is 0.809. The fourth-order valence-electron chi connectivity index (χ4n) is 2.45. The first-order chi connectivity index (χ1) is 11.5. The zero-order chi connectivity index (χ0) is 17.6. The lowest BCUT2D eigenvalue weighted by Gasteiger charge is -2.24. The van der Waals surface area contributed by atoms with Crippen molar-refractivity contribution >= 4 is 17.5 Å². The van der Waals surface area contributed by atoms with E-state index in [1.165, 1.54) is 0 Å². The van der Waals surface area contributed by atoms with Crippen molar-refractivity contribution in [3.05, 3.63) is 53.7 Å². The average molecular weight is 327 g/mol. The SMILES string of the molecule is CCOC(=O)c1ccc(C(C)(C)CCN)nc1Nc1ccccc1. The number of carbonyl (C=O) groups excluding carboxylic acids is 1. The number of carbonyl (C=O) groups is 1. The number of nitrogens with one attached hydrogen (secondary N) is 1. The minimum absolute atomic E-state index is 0.172. The topological polar surface area (TPSA) is 77.2 Å². The number of pyridine rings is 1. The number of rotatable bonds is 7. The molecule has 0 fully saturated rings. The van der Waals surface area contributed by atoms with Gasteiger partial charge in [0.25, 0.3) is 0 Å². The van der Waals surface area contributed by atoms with Gasteiger partial charge in [-0.3, -0.25) is 0 Å². The Hall–Kier alpha value is -2.40. The molecule has 0 atom stereocenters. The smallest absolute Gasteiger partial charge is 0.341 e. The standard InChI is InChI=1S/C19H25N3O2/c1-4-24-18(23)15-10-11-16(19(2,3)12-13-20)22-17(15)21-14-8-6-5-7-9-14/h5-11H,4,12-13,20H2,1-3H3,(H,21,22). The van der Waals surface area contributed by atoms with Gasteiger partial charge in [-0.1, -0.05) is 32.0 Å². The van der Waals surface area contributed by atoms with Crippen LogP contribution >= 0.6 is 0 Å². The molecule has 1 aromatic heterocycles. The van der Waals surface area contributed by atoms with Gasteiger partial charge in [-0.05, 0) is 44.2 Å². The zero-order valence-electron chi connectivity index (χ0n) is 14.5. The molecule has 0 aliphatic heterocycles. The lowest BCUT2D eigenvalue weighted by atomic mass is 9.85. The molecule has 2 aromatic rings. The number of nitrogens with two attached hydrogens (primary N) is 1. The van der Waals surface area contributed by atoms with Crippen LogP contribution in [0.15, 0.2) is 42.5 Å². The number of ether oxygens (including phenoxy) is 1. The summed E-state index contributed by atoms with van der Waals surface area (Å²) < 4.78 is 5.14. The van der Waals surface area contributed by atoms with Gasteiger partial charge in [-0.15, -0.1) is 0 Å². The summed E-state index contributed by atoms with van der Waals surface area (Å²) in [6, 6.07) is 13.3. The fraction of sp³-hybridized carbons (Fsp3) is 0.368. The molecular formula is C19H25N3O2. The van der Waals surface area contributed by atoms with E-state index in [4.69, 9.17) is 15.5 Å². The summed E-state index contributed by atoms with van der Waals surface area (Å²) in [7, 11) is 0. The van der Waals surface area contributed by atoms with Crippen molar-refractivity contribution in [3.63, 3.8) is 0 Å². The Kier molecular flexibility index (Phi) is 5.93. The summed E-state index contributed by atoms with van der Waals surface area (Å²) in [5.74, 6) is 0.119. The van der Waals surface area contributed by atoms with E-state index in [2.05, 4.69) is 19.2 Å². The number of hydrogen-bond acceptors (Lipinski definition) is 5. The van der Waals surface area contributed by atoms with Gasteiger partial charge >= 0.3 is 5.97 Å². The molecule has 2 rings (SSSR count). The largest absolute Gasteiger partial charge is 0.462 e. The summed E-state index contributed by atoms with van der Waals surface area (Å²) >= 11 is 0. The zero-order valence-corrected chi connectivity index (χ0v) is 14.5. The van der Waals surface area contributed by atoms with Crippen LogP contribution in [0.2, 0.25) is 0 Å². The van der Waals surface area contributed by atoms with Gasteiger partial charge in [-0.2, -0.15) is 0 Å². The van der Waals surface area contributed by atoms with Crippen molar-refractivity contribution in [2.24, 2.45) is 5.73 Å². The number of aromatic nitrogens is 1. The molecule has 24 heavy (non-hydrogen) atoms. The molecule has 128 valence electrons. The Morgan fingerprint density at radius 1 is 1.21 bits per heavy atom. The van der Waals surface area contributed by atoms with Gasteiger partial charge in [0.2, 0.25) is 0 Å². The number of esters is 1. The van der Waals surface area contributed by atoms with Crippen molar-refractivity contribution in [2.45, 2.75) is 32.6 Å². The molecule has 5 nitrogen and oxygen atoms in total. The maximum atomic E-state index is 12.2. The highest BCUT2D eigenvalue weighted by molar-refractivity contribution is 5.95. The lowest BCUT2D eigenvalue weighted by molar-refractivity contribution is 0.0527. The van der Waals surface area contributed by atoms with Crippen LogP contribution in [-0.2, 0) is 10.2 Å². The van der Waals surface area contributed by atoms with E-state index in [-0.39, 0.29) is 11.4 Å². The van der Waals surface area contributed by atoms with Gasteiger partial charge < -0.3 is 15.8 Å². The first kappa shape index (κ1) is 17.9. The molecule has 0 aliphatic carbocycles. The van der Waals surface area contributed by atoms with Crippen LogP contribution in [0.4, 0.5) is 11.5 Å². The van der Waals surface area contributed by atoms with Crippen LogP contribution in [0.3, 0.4) is 0 Å². The molecule has 1 aromatic carbocycles. The quantitative estimate of drug-likeness (QED) is 0.759. The predicted octanol–water partition coefficient (Wildman–Crippen LogP) is 3.63. The third-order valence-corrected chi connectivity index (χ3v) is 3.89. The normalized spacial score (nSPS) is 11.2. The van der Waals surface area contributed by atoms with Crippen LogP contribution in [0, 0.1) is 0 Å². The van der Waals surface area contributed by atoms with Crippen LogP contribution in [0.25, 0.3) is 0 Å². The number of benzene rings is 1. The Bertz CT molecular complexity index is 684. The van der Waals surface area contributed by atoms with Crippen LogP contribution in [-0.4, -0.2) is 24.1 Å². The van der Waals surface area contributed by atoms with Crippen LogP contribution in [0.5, 0.6) is 0 Å². The van der Waals surface area contributed by atoms with E-state index in [0.29, 0.717) is 24.5 Å². The second kappa shape index (κ2) is 7.93. The molecular weight excluding hydrogens is 302 g/mol. The van der Waals surface area contributed by atoms with E-state index in [1.54, 1.807) is 13.0 Å². The minimum atomic E-state index is -0.383. The first-order valence-electron chi connectivity index (χ1n) is 8.18. The molecule has 3 N–H and O–H groups in total. The van der Waals surface area contributed by atoms with E-state index < -0.39 is 0 Å². The van der Waals surface area contributed by atoms with E-state index >= 15 is 0 Å². The maximum Gasteiger partial charge on any atom is 0.341 e. The molecule has 0 bridgehead atoms. The minimum Gasteiger partial charge on any atom is -0.462 e. The maximum absolute atomic E-state index is 12.2. The molecule has 1 heterocycles. The summed E-state index contributed by atoms with van der Waals surface area (Å²) in [5, 5.41) is 3.22. The second-order valence-corrected chi connectivity index (χ2v) is 6.23. The number of hydrogen-bond donors (Lipinski definition) is 2. The van der Waals surface area contributed by atoms with Crippen molar-refractivity contribution in [1.29, 1.82) is 0 Å². The third-order valence-electron chi connectivity index (χ3n) is 3.89. The van der Waals surface area contributed by atoms with Crippen molar-refractivity contribution in [1.82, 2.24) is 4.98 Å². The molecule has 0 radical (unpaired) electrons. The number of nitrogens with zero attached hydrogens (tertiary/aromatic N) is 1. The van der Waals surface area contributed by atoms with Gasteiger partial charge in [0.15, 0.2) is 0 Å². The Labute approximate surface area is 143 Å². The lowest BCUT2D eigenvalue weighted by Crippen LogP contribution is -2.24. The second-order valence-electron chi connectivity index (χ2n) is 6.23. The molecule has 0 saturated carbocycles. The molecule has 0 aliphatic rings. The molecule has 0 spiro atoms. The highest BCUT2D eigenvalue weighted by Gasteiger charge is 2.24. The van der Waals surface area contributed by atoms with Crippen LogP contribution < -0.4 is 11.1 Å². The summed E-state index contributed by atoms with van der Waals surface area (Å²) in [6.45, 7) is 6.88. The monoisotopic (exact) mass is 327 g/mol. The van der Waals surface area contributed by atoms with E-state index in [9.17, 15) is 4.79 Å². The van der Waals surface area contributed by atoms with Gasteiger partial charge in [0, 0.05) is 16.8 Å². The Morgan fingerprint density at radius 3 is 2.54 bits per heavy atom. The fourth-order valence-corrected chi connectivity index (χ4v) is 2.45. The predicted molar refractivity (Wildman–Crippen MR) is 96.6 cm³/mol. The van der Waals surface area contributed by atoms with Crippen molar-refractivity contribution in [3.8, 4) is 0 Å². The first-order valence-corrected chi connectivity index (χ1v) is 8.18. The third kappa shape index (κ3) is 4.32. The van der Waals surface area contributed by atoms with E-state index in [0.717, 1.165) is 17.8 Å². The molecule has 0 amide bonds. The van der Waals surface area contributed by atoms with Gasteiger partial charge in [0.05, 0.1) is 6.61 Å². The Balaban J connectivity index is 2.43.